The van der Waals surface area contributed by atoms with Crippen molar-refractivity contribution in [3.05, 3.63) is 143 Å². The third-order valence-electron chi connectivity index (χ3n) is 6.61. The summed E-state index contributed by atoms with van der Waals surface area (Å²) in [6.45, 7) is 2.32. The molecule has 5 aromatic rings. The maximum Gasteiger partial charge on any atom is 0.254 e. The van der Waals surface area contributed by atoms with Gasteiger partial charge in [-0.25, -0.2) is 17.8 Å². The molecule has 0 fully saturated rings. The fraction of sp³-hybridized carbons (Fsp3) is 0.161. The van der Waals surface area contributed by atoms with Crippen LogP contribution in [-0.2, 0) is 35.2 Å². The maximum absolute atomic E-state index is 14.4. The molecule has 7 nitrogen and oxygen atoms in total. The van der Waals surface area contributed by atoms with E-state index in [1.54, 1.807) is 46.1 Å². The van der Waals surface area contributed by atoms with Gasteiger partial charge < -0.3 is 13.9 Å². The number of carbonyl (C=O) groups excluding carboxylic acids is 1. The number of furan rings is 1. The van der Waals surface area contributed by atoms with Crippen molar-refractivity contribution in [2.24, 2.45) is 0 Å². The molecule has 0 aliphatic heterocycles. The second kappa shape index (κ2) is 11.7. The fourth-order valence-corrected chi connectivity index (χ4v) is 6.06. The van der Waals surface area contributed by atoms with E-state index >= 15 is 0 Å². The summed E-state index contributed by atoms with van der Waals surface area (Å²) in [5.41, 5.74) is 2.79. The van der Waals surface area contributed by atoms with Gasteiger partial charge in [0.1, 0.15) is 11.6 Å². The summed E-state index contributed by atoms with van der Waals surface area (Å²) in [5.74, 6) is -0.773. The minimum atomic E-state index is -4.04. The Morgan fingerprint density at radius 1 is 0.925 bits per heavy atom. The number of rotatable bonds is 10. The molecule has 0 atom stereocenters. The van der Waals surface area contributed by atoms with Crippen molar-refractivity contribution in [2.45, 2.75) is 37.5 Å². The second-order valence-electron chi connectivity index (χ2n) is 9.51. The molecule has 0 saturated heterocycles. The third kappa shape index (κ3) is 6.05. The van der Waals surface area contributed by atoms with Crippen LogP contribution in [-0.4, -0.2) is 28.8 Å². The Morgan fingerprint density at radius 2 is 1.65 bits per heavy atom. The number of aromatic nitrogens is 2. The largest absolute Gasteiger partial charge is 0.467 e. The molecule has 0 unspecified atom stereocenters. The van der Waals surface area contributed by atoms with Crippen LogP contribution in [0, 0.1) is 12.7 Å². The Kier molecular flexibility index (Phi) is 7.93. The van der Waals surface area contributed by atoms with Gasteiger partial charge >= 0.3 is 0 Å². The van der Waals surface area contributed by atoms with E-state index in [-0.39, 0.29) is 36.3 Å². The average Bonchev–Trinajstić information content (AvgIpc) is 3.61. The van der Waals surface area contributed by atoms with Gasteiger partial charge in [0, 0.05) is 11.1 Å². The number of sulfone groups is 1. The molecular weight excluding hydrogens is 529 g/mol. The number of hydrogen-bond acceptors (Lipinski definition) is 5. The van der Waals surface area contributed by atoms with Gasteiger partial charge in [0.05, 0.1) is 43.5 Å². The zero-order valence-corrected chi connectivity index (χ0v) is 22.7. The molecule has 0 spiro atoms. The summed E-state index contributed by atoms with van der Waals surface area (Å²) in [4.78, 5) is 19.6. The van der Waals surface area contributed by atoms with Crippen molar-refractivity contribution in [3.8, 4) is 0 Å². The third-order valence-corrected chi connectivity index (χ3v) is 8.18. The lowest BCUT2D eigenvalue weighted by Gasteiger charge is -2.24. The smallest absolute Gasteiger partial charge is 0.254 e. The average molecular weight is 558 g/mol. The topological polar surface area (TPSA) is 85.4 Å². The van der Waals surface area contributed by atoms with Crippen LogP contribution >= 0.6 is 0 Å². The lowest BCUT2D eigenvalue weighted by Crippen LogP contribution is -2.31. The molecule has 0 aliphatic carbocycles. The standard InChI is InChI=1S/C31H28FN3O4S/c1-23-10-5-7-15-28(23)30(36)34(21-27-14-9-17-39-27)20-26-18-33-31(35(26)19-24-11-3-2-4-12-24)40(37,38)22-25-13-6-8-16-29(25)32/h2-18H,19-22H2,1H3. The van der Waals surface area contributed by atoms with E-state index in [0.717, 1.165) is 11.1 Å². The molecule has 3 aromatic carbocycles. The minimum absolute atomic E-state index is 0.0625. The van der Waals surface area contributed by atoms with E-state index in [1.807, 2.05) is 49.4 Å². The van der Waals surface area contributed by atoms with Crippen LogP contribution in [0.4, 0.5) is 4.39 Å². The van der Waals surface area contributed by atoms with Gasteiger partial charge in [-0.15, -0.1) is 0 Å². The normalized spacial score (nSPS) is 11.4. The molecule has 0 aliphatic rings. The van der Waals surface area contributed by atoms with Gasteiger partial charge in [-0.05, 0) is 42.3 Å². The minimum Gasteiger partial charge on any atom is -0.467 e. The monoisotopic (exact) mass is 557 g/mol. The van der Waals surface area contributed by atoms with Crippen LogP contribution in [0.5, 0.6) is 0 Å². The number of aryl methyl sites for hydroxylation is 1. The van der Waals surface area contributed by atoms with Crippen molar-refractivity contribution >= 4 is 15.7 Å². The lowest BCUT2D eigenvalue weighted by atomic mass is 10.1. The van der Waals surface area contributed by atoms with Crippen LogP contribution < -0.4 is 0 Å². The zero-order chi connectivity index (χ0) is 28.1. The van der Waals surface area contributed by atoms with Crippen molar-refractivity contribution in [1.82, 2.24) is 14.5 Å². The van der Waals surface area contributed by atoms with Crippen LogP contribution in [0.1, 0.15) is 38.5 Å². The summed E-state index contributed by atoms with van der Waals surface area (Å²) in [6, 6.07) is 26.0. The van der Waals surface area contributed by atoms with Crippen molar-refractivity contribution in [2.75, 3.05) is 0 Å². The maximum atomic E-state index is 14.4. The number of halogens is 1. The Labute approximate surface area is 232 Å². The molecule has 5 rings (SSSR count). The predicted molar refractivity (Wildman–Crippen MR) is 149 cm³/mol. The van der Waals surface area contributed by atoms with Crippen molar-refractivity contribution in [3.63, 3.8) is 0 Å². The van der Waals surface area contributed by atoms with E-state index in [9.17, 15) is 17.6 Å². The number of nitrogens with zero attached hydrogens (tertiary/aromatic N) is 3. The lowest BCUT2D eigenvalue weighted by molar-refractivity contribution is 0.0712. The molecule has 0 radical (unpaired) electrons. The highest BCUT2D eigenvalue weighted by molar-refractivity contribution is 7.90. The number of benzene rings is 3. The Bertz CT molecular complexity index is 1710. The highest BCUT2D eigenvalue weighted by atomic mass is 32.2. The first-order valence-corrected chi connectivity index (χ1v) is 14.4. The number of carbonyl (C=O) groups is 1. The Balaban J connectivity index is 1.55. The molecule has 2 aromatic heterocycles. The summed E-state index contributed by atoms with van der Waals surface area (Å²) in [6.07, 6.45) is 3.01. The number of imidazole rings is 1. The molecular formula is C31H28FN3O4S. The van der Waals surface area contributed by atoms with Gasteiger partial charge in [-0.3, -0.25) is 4.79 Å². The Morgan fingerprint density at radius 3 is 2.38 bits per heavy atom. The summed E-state index contributed by atoms with van der Waals surface area (Å²) in [7, 11) is -4.04. The quantitative estimate of drug-likeness (QED) is 0.217. The highest BCUT2D eigenvalue weighted by Crippen LogP contribution is 2.23. The molecule has 0 bridgehead atoms. The summed E-state index contributed by atoms with van der Waals surface area (Å²) >= 11 is 0. The van der Waals surface area contributed by atoms with Crippen LogP contribution in [0.2, 0.25) is 0 Å². The summed E-state index contributed by atoms with van der Waals surface area (Å²) in [5, 5.41) is -0.184. The van der Waals surface area contributed by atoms with Gasteiger partial charge in [0.15, 0.2) is 0 Å². The van der Waals surface area contributed by atoms with Gasteiger partial charge in [0.25, 0.3) is 5.91 Å². The first-order chi connectivity index (χ1) is 19.3. The number of hydrogen-bond donors (Lipinski definition) is 0. The van der Waals surface area contributed by atoms with Gasteiger partial charge in [0.2, 0.25) is 15.0 Å². The first-order valence-electron chi connectivity index (χ1n) is 12.7. The second-order valence-corrected chi connectivity index (χ2v) is 11.4. The molecule has 2 heterocycles. The van der Waals surface area contributed by atoms with E-state index in [4.69, 9.17) is 4.42 Å². The van der Waals surface area contributed by atoms with Gasteiger partial charge in [-0.1, -0.05) is 66.7 Å². The van der Waals surface area contributed by atoms with Crippen molar-refractivity contribution in [1.29, 1.82) is 0 Å². The SMILES string of the molecule is Cc1ccccc1C(=O)N(Cc1ccco1)Cc1cnc(S(=O)(=O)Cc2ccccc2F)n1Cc1ccccc1. The van der Waals surface area contributed by atoms with E-state index in [2.05, 4.69) is 4.98 Å². The first kappa shape index (κ1) is 27.1. The predicted octanol–water partition coefficient (Wildman–Crippen LogP) is 5.79. The van der Waals surface area contributed by atoms with Crippen LogP contribution in [0.3, 0.4) is 0 Å². The molecule has 0 N–H and O–H groups in total. The summed E-state index contributed by atoms with van der Waals surface area (Å²) < 4.78 is 48.7. The van der Waals surface area contributed by atoms with Crippen LogP contribution in [0.25, 0.3) is 0 Å². The van der Waals surface area contributed by atoms with E-state index < -0.39 is 21.4 Å². The van der Waals surface area contributed by atoms with Crippen molar-refractivity contribution < 1.29 is 22.0 Å². The van der Waals surface area contributed by atoms with Gasteiger partial charge in [-0.2, -0.15) is 0 Å². The molecule has 9 heteroatoms. The van der Waals surface area contributed by atoms with E-state index in [1.165, 1.54) is 24.4 Å². The van der Waals surface area contributed by atoms with Crippen LogP contribution in [0.15, 0.2) is 113 Å². The molecule has 0 saturated carbocycles. The molecule has 204 valence electrons. The van der Waals surface area contributed by atoms with E-state index in [0.29, 0.717) is 17.0 Å². The highest BCUT2D eigenvalue weighted by Gasteiger charge is 2.27. The molecule has 40 heavy (non-hydrogen) atoms. The number of amides is 1. The zero-order valence-electron chi connectivity index (χ0n) is 21.9. The fourth-order valence-electron chi connectivity index (χ4n) is 4.56. The Hall–Kier alpha value is -4.50. The molecule has 1 amide bonds.